The van der Waals surface area contributed by atoms with E-state index in [0.717, 1.165) is 29.5 Å². The summed E-state index contributed by atoms with van der Waals surface area (Å²) in [7, 11) is 0. The zero-order chi connectivity index (χ0) is 17.2. The Morgan fingerprint density at radius 2 is 1.80 bits per heavy atom. The van der Waals surface area contributed by atoms with Crippen molar-refractivity contribution in [3.05, 3.63) is 82.8 Å². The van der Waals surface area contributed by atoms with Crippen molar-refractivity contribution < 1.29 is 0 Å². The molecule has 25 heavy (non-hydrogen) atoms. The van der Waals surface area contributed by atoms with Gasteiger partial charge in [0.25, 0.3) is 5.56 Å². The maximum Gasteiger partial charge on any atom is 0.257 e. The standard InChI is InChI=1S/C21H19N3O/c1-2-24(14-15-7-4-3-5-8-15)16-10-11-18-19(13-16)17-9-6-12-22-20(17)23-21(18)25/h3-13H,2,14H2,1H3,(H,22,23,25). The molecule has 0 bridgehead atoms. The summed E-state index contributed by atoms with van der Waals surface area (Å²) in [5.74, 6) is 0. The van der Waals surface area contributed by atoms with Gasteiger partial charge in [0, 0.05) is 41.1 Å². The van der Waals surface area contributed by atoms with E-state index in [-0.39, 0.29) is 5.56 Å². The van der Waals surface area contributed by atoms with E-state index in [4.69, 9.17) is 0 Å². The van der Waals surface area contributed by atoms with Gasteiger partial charge in [-0.1, -0.05) is 30.3 Å². The number of aromatic nitrogens is 2. The maximum atomic E-state index is 12.3. The first-order chi connectivity index (χ1) is 12.3. The van der Waals surface area contributed by atoms with Crippen molar-refractivity contribution in [3.63, 3.8) is 0 Å². The van der Waals surface area contributed by atoms with Crippen LogP contribution in [0.1, 0.15) is 12.5 Å². The Balaban J connectivity index is 1.84. The molecule has 0 radical (unpaired) electrons. The Hall–Kier alpha value is -3.14. The first-order valence-electron chi connectivity index (χ1n) is 8.46. The highest BCUT2D eigenvalue weighted by Gasteiger charge is 2.10. The van der Waals surface area contributed by atoms with Crippen LogP contribution in [0.3, 0.4) is 0 Å². The maximum absolute atomic E-state index is 12.3. The summed E-state index contributed by atoms with van der Waals surface area (Å²) in [5, 5.41) is 2.60. The van der Waals surface area contributed by atoms with Crippen molar-refractivity contribution in [2.75, 3.05) is 11.4 Å². The van der Waals surface area contributed by atoms with E-state index in [1.54, 1.807) is 6.20 Å². The van der Waals surface area contributed by atoms with Gasteiger partial charge >= 0.3 is 0 Å². The van der Waals surface area contributed by atoms with Crippen molar-refractivity contribution in [1.29, 1.82) is 0 Å². The van der Waals surface area contributed by atoms with Gasteiger partial charge in [-0.3, -0.25) is 4.79 Å². The van der Waals surface area contributed by atoms with Gasteiger partial charge in [-0.15, -0.1) is 0 Å². The Labute approximate surface area is 145 Å². The third-order valence-corrected chi connectivity index (χ3v) is 4.54. The molecule has 2 aromatic heterocycles. The lowest BCUT2D eigenvalue weighted by Crippen LogP contribution is -2.22. The second-order valence-corrected chi connectivity index (χ2v) is 6.08. The van der Waals surface area contributed by atoms with Gasteiger partial charge < -0.3 is 9.88 Å². The van der Waals surface area contributed by atoms with Crippen LogP contribution in [-0.2, 0) is 6.54 Å². The van der Waals surface area contributed by atoms with Gasteiger partial charge in [-0.25, -0.2) is 4.98 Å². The number of aromatic amines is 1. The number of nitrogens with one attached hydrogen (secondary N) is 1. The molecule has 0 saturated heterocycles. The number of H-pyrrole nitrogens is 1. The Morgan fingerprint density at radius 1 is 0.960 bits per heavy atom. The summed E-state index contributed by atoms with van der Waals surface area (Å²) in [6, 6.07) is 20.3. The third kappa shape index (κ3) is 2.87. The fourth-order valence-electron chi connectivity index (χ4n) is 3.24. The molecule has 0 fully saturated rings. The summed E-state index contributed by atoms with van der Waals surface area (Å²) in [4.78, 5) is 21.8. The van der Waals surface area contributed by atoms with Gasteiger partial charge in [0.1, 0.15) is 5.65 Å². The number of anilines is 1. The molecular weight excluding hydrogens is 310 g/mol. The van der Waals surface area contributed by atoms with Crippen LogP contribution >= 0.6 is 0 Å². The van der Waals surface area contributed by atoms with Gasteiger partial charge in [-0.05, 0) is 42.8 Å². The molecule has 0 aliphatic rings. The molecule has 2 aromatic carbocycles. The van der Waals surface area contributed by atoms with Gasteiger partial charge in [0.15, 0.2) is 0 Å². The lowest BCUT2D eigenvalue weighted by molar-refractivity contribution is 0.833. The van der Waals surface area contributed by atoms with Crippen LogP contribution in [0.4, 0.5) is 5.69 Å². The minimum atomic E-state index is -0.0983. The molecule has 0 spiro atoms. The minimum absolute atomic E-state index is 0.0983. The predicted molar refractivity (Wildman–Crippen MR) is 103 cm³/mol. The van der Waals surface area contributed by atoms with E-state index in [1.165, 1.54) is 5.56 Å². The summed E-state index contributed by atoms with van der Waals surface area (Å²) in [6.07, 6.45) is 1.70. The average Bonchev–Trinajstić information content (AvgIpc) is 2.67. The highest BCUT2D eigenvalue weighted by Crippen LogP contribution is 2.26. The molecule has 4 aromatic rings. The zero-order valence-electron chi connectivity index (χ0n) is 14.1. The minimum Gasteiger partial charge on any atom is -0.367 e. The number of fused-ring (bicyclic) bond motifs is 3. The Morgan fingerprint density at radius 3 is 2.60 bits per heavy atom. The van der Waals surface area contributed by atoms with Crippen molar-refractivity contribution in [2.24, 2.45) is 0 Å². The molecule has 2 heterocycles. The molecule has 0 aliphatic heterocycles. The predicted octanol–water partition coefficient (Wildman–Crippen LogP) is 4.10. The fraction of sp³-hybridized carbons (Fsp3) is 0.143. The van der Waals surface area contributed by atoms with Crippen molar-refractivity contribution in [3.8, 4) is 0 Å². The normalized spacial score (nSPS) is 11.1. The van der Waals surface area contributed by atoms with Crippen molar-refractivity contribution in [2.45, 2.75) is 13.5 Å². The van der Waals surface area contributed by atoms with E-state index < -0.39 is 0 Å². The molecule has 0 saturated carbocycles. The molecule has 0 amide bonds. The fourth-order valence-corrected chi connectivity index (χ4v) is 3.24. The van der Waals surface area contributed by atoms with Crippen LogP contribution in [0, 0.1) is 0 Å². The number of rotatable bonds is 4. The number of hydrogen-bond donors (Lipinski definition) is 1. The van der Waals surface area contributed by atoms with Crippen LogP contribution in [0.5, 0.6) is 0 Å². The topological polar surface area (TPSA) is 49.0 Å². The summed E-state index contributed by atoms with van der Waals surface area (Å²) < 4.78 is 0. The van der Waals surface area contributed by atoms with Crippen molar-refractivity contribution >= 4 is 27.5 Å². The quantitative estimate of drug-likeness (QED) is 0.573. The molecule has 4 rings (SSSR count). The van der Waals surface area contributed by atoms with Gasteiger partial charge in [0.05, 0.1) is 0 Å². The number of nitrogens with zero attached hydrogens (tertiary/aromatic N) is 2. The van der Waals surface area contributed by atoms with E-state index in [0.29, 0.717) is 11.0 Å². The van der Waals surface area contributed by atoms with Gasteiger partial charge in [-0.2, -0.15) is 0 Å². The molecule has 4 heteroatoms. The van der Waals surface area contributed by atoms with E-state index >= 15 is 0 Å². The summed E-state index contributed by atoms with van der Waals surface area (Å²) >= 11 is 0. The highest BCUT2D eigenvalue weighted by molar-refractivity contribution is 6.05. The first kappa shape index (κ1) is 15.4. The molecule has 124 valence electrons. The molecule has 0 unspecified atom stereocenters. The third-order valence-electron chi connectivity index (χ3n) is 4.54. The van der Waals surface area contributed by atoms with Crippen LogP contribution in [0.25, 0.3) is 21.8 Å². The number of benzene rings is 2. The van der Waals surface area contributed by atoms with E-state index in [1.807, 2.05) is 30.3 Å². The molecular formula is C21H19N3O. The second-order valence-electron chi connectivity index (χ2n) is 6.08. The summed E-state index contributed by atoms with van der Waals surface area (Å²) in [6.45, 7) is 3.87. The lowest BCUT2D eigenvalue weighted by atomic mass is 10.1. The first-order valence-corrected chi connectivity index (χ1v) is 8.46. The van der Waals surface area contributed by atoms with E-state index in [2.05, 4.69) is 52.1 Å². The Kier molecular flexibility index (Phi) is 3.94. The van der Waals surface area contributed by atoms with Gasteiger partial charge in [0.2, 0.25) is 0 Å². The number of pyridine rings is 2. The number of hydrogen-bond acceptors (Lipinski definition) is 3. The van der Waals surface area contributed by atoms with Crippen molar-refractivity contribution in [1.82, 2.24) is 9.97 Å². The van der Waals surface area contributed by atoms with Crippen LogP contribution in [0.2, 0.25) is 0 Å². The molecule has 0 atom stereocenters. The second kappa shape index (κ2) is 6.40. The van der Waals surface area contributed by atoms with E-state index in [9.17, 15) is 4.79 Å². The monoisotopic (exact) mass is 329 g/mol. The highest BCUT2D eigenvalue weighted by atomic mass is 16.1. The lowest BCUT2D eigenvalue weighted by Gasteiger charge is -2.23. The molecule has 0 aliphatic carbocycles. The van der Waals surface area contributed by atoms with Crippen LogP contribution < -0.4 is 10.5 Å². The Bertz CT molecular complexity index is 1090. The SMILES string of the molecule is CCN(Cc1ccccc1)c1ccc2c(=O)[nH]c3ncccc3c2c1. The zero-order valence-corrected chi connectivity index (χ0v) is 14.1. The van der Waals surface area contributed by atoms with Crippen LogP contribution in [-0.4, -0.2) is 16.5 Å². The molecule has 4 nitrogen and oxygen atoms in total. The largest absolute Gasteiger partial charge is 0.367 e. The van der Waals surface area contributed by atoms with Crippen LogP contribution in [0.15, 0.2) is 71.7 Å². The smallest absolute Gasteiger partial charge is 0.257 e. The average molecular weight is 329 g/mol. The summed E-state index contributed by atoms with van der Waals surface area (Å²) in [5.41, 5.74) is 2.90. The molecule has 1 N–H and O–H groups in total.